The molecule has 0 radical (unpaired) electrons. The first-order valence-corrected chi connectivity index (χ1v) is 14.1. The van der Waals surface area contributed by atoms with Gasteiger partial charge in [0.2, 0.25) is 5.91 Å². The van der Waals surface area contributed by atoms with Crippen LogP contribution in [0.25, 0.3) is 11.3 Å². The summed E-state index contributed by atoms with van der Waals surface area (Å²) in [5.41, 5.74) is 14.8. The normalized spacial score (nSPS) is 27.0. The molecule has 0 atom stereocenters. The quantitative estimate of drug-likeness (QED) is 0.424. The van der Waals surface area contributed by atoms with Crippen molar-refractivity contribution in [2.75, 3.05) is 11.1 Å². The van der Waals surface area contributed by atoms with Crippen molar-refractivity contribution >= 4 is 17.4 Å². The maximum absolute atomic E-state index is 13.2. The molecule has 4 fully saturated rings. The number of anilines is 2. The number of carbonyl (C=O) groups excluding carboxylic acids is 1. The van der Waals surface area contributed by atoms with Crippen LogP contribution >= 0.6 is 0 Å². The SMILES string of the molecule is Cc1ccc(CC(=O)Nc2nc3c(nc2CC24CC5CC(CC(C5)C2)C4)-c2ccc(N)cc2CC3)cc1. The van der Waals surface area contributed by atoms with Gasteiger partial charge in [-0.2, -0.15) is 0 Å². The molecule has 3 aromatic rings. The summed E-state index contributed by atoms with van der Waals surface area (Å²) in [5.74, 6) is 3.29. The van der Waals surface area contributed by atoms with E-state index in [0.717, 1.165) is 70.9 Å². The third-order valence-electron chi connectivity index (χ3n) is 9.51. The van der Waals surface area contributed by atoms with Gasteiger partial charge in [0.25, 0.3) is 0 Å². The molecular formula is C32H36N4O. The zero-order chi connectivity index (χ0) is 25.1. The van der Waals surface area contributed by atoms with Crippen molar-refractivity contribution in [1.82, 2.24) is 9.97 Å². The fraction of sp³-hybridized carbons (Fsp3) is 0.469. The van der Waals surface area contributed by atoms with Gasteiger partial charge in [-0.25, -0.2) is 9.97 Å². The maximum atomic E-state index is 13.2. The molecule has 2 aromatic carbocycles. The van der Waals surface area contributed by atoms with Crippen LogP contribution in [-0.2, 0) is 30.5 Å². The average molecular weight is 493 g/mol. The number of hydrogen-bond acceptors (Lipinski definition) is 4. The monoisotopic (exact) mass is 492 g/mol. The Labute approximate surface area is 219 Å². The van der Waals surface area contributed by atoms with Crippen molar-refractivity contribution < 1.29 is 4.79 Å². The third-order valence-corrected chi connectivity index (χ3v) is 9.51. The predicted molar refractivity (Wildman–Crippen MR) is 147 cm³/mol. The lowest BCUT2D eigenvalue weighted by Gasteiger charge is -2.57. The molecule has 0 aliphatic heterocycles. The largest absolute Gasteiger partial charge is 0.399 e. The molecule has 5 aliphatic rings. The van der Waals surface area contributed by atoms with Gasteiger partial charge in [-0.05, 0) is 111 Å². The highest BCUT2D eigenvalue weighted by Gasteiger charge is 2.51. The number of hydrogen-bond donors (Lipinski definition) is 2. The summed E-state index contributed by atoms with van der Waals surface area (Å²) in [6.07, 6.45) is 11.2. The molecular weight excluding hydrogens is 456 g/mol. The Hall–Kier alpha value is -3.21. The maximum Gasteiger partial charge on any atom is 0.229 e. The van der Waals surface area contributed by atoms with Gasteiger partial charge < -0.3 is 11.1 Å². The number of aromatic nitrogens is 2. The Morgan fingerprint density at radius 2 is 1.68 bits per heavy atom. The van der Waals surface area contributed by atoms with Gasteiger partial charge in [0.1, 0.15) is 0 Å². The summed E-state index contributed by atoms with van der Waals surface area (Å²) in [4.78, 5) is 23.6. The van der Waals surface area contributed by atoms with Gasteiger partial charge in [-0.15, -0.1) is 0 Å². The van der Waals surface area contributed by atoms with E-state index in [9.17, 15) is 4.79 Å². The van der Waals surface area contributed by atoms with Crippen LogP contribution in [0.2, 0.25) is 0 Å². The number of benzene rings is 2. The lowest BCUT2D eigenvalue weighted by Crippen LogP contribution is -2.47. The van der Waals surface area contributed by atoms with Crippen molar-refractivity contribution in [2.45, 2.75) is 71.1 Å². The number of nitrogen functional groups attached to an aromatic ring is 1. The van der Waals surface area contributed by atoms with Crippen LogP contribution in [0.3, 0.4) is 0 Å². The first kappa shape index (κ1) is 22.9. The molecule has 1 heterocycles. The summed E-state index contributed by atoms with van der Waals surface area (Å²) in [6.45, 7) is 2.07. The van der Waals surface area contributed by atoms with Gasteiger partial charge in [0.15, 0.2) is 5.82 Å². The molecule has 0 unspecified atom stereocenters. The summed E-state index contributed by atoms with van der Waals surface area (Å²) >= 11 is 0. The van der Waals surface area contributed by atoms with Crippen LogP contribution in [-0.4, -0.2) is 15.9 Å². The van der Waals surface area contributed by atoms with E-state index in [4.69, 9.17) is 15.7 Å². The number of fused-ring (bicyclic) bond motifs is 3. The number of nitrogens with one attached hydrogen (secondary N) is 1. The minimum atomic E-state index is -0.0196. The second-order valence-corrected chi connectivity index (χ2v) is 12.5. The van der Waals surface area contributed by atoms with Gasteiger partial charge >= 0.3 is 0 Å². The number of nitrogens with zero attached hydrogens (tertiary/aromatic N) is 2. The Morgan fingerprint density at radius 3 is 2.38 bits per heavy atom. The molecule has 0 spiro atoms. The fourth-order valence-corrected chi connectivity index (χ4v) is 8.35. The Kier molecular flexibility index (Phi) is 5.38. The van der Waals surface area contributed by atoms with Crippen LogP contribution in [0.1, 0.15) is 66.6 Å². The number of rotatable bonds is 5. The van der Waals surface area contributed by atoms with Crippen LogP contribution in [0.4, 0.5) is 11.5 Å². The van der Waals surface area contributed by atoms with Crippen LogP contribution in [0.15, 0.2) is 42.5 Å². The Bertz CT molecular complexity index is 1340. The number of nitrogens with two attached hydrogens (primary N) is 1. The topological polar surface area (TPSA) is 80.9 Å². The van der Waals surface area contributed by atoms with E-state index < -0.39 is 0 Å². The Balaban J connectivity index is 1.24. The lowest BCUT2D eigenvalue weighted by atomic mass is 9.48. The molecule has 5 nitrogen and oxygen atoms in total. The zero-order valence-electron chi connectivity index (χ0n) is 21.7. The van der Waals surface area contributed by atoms with E-state index in [1.54, 1.807) is 0 Å². The second kappa shape index (κ2) is 8.68. The standard InChI is InChI=1S/C32H36N4O/c1-19-2-4-20(5-3-19)13-29(37)36-31-28(18-32-15-21-10-22(16-32)12-23(11-21)17-32)34-30-26-8-7-25(33)14-24(26)6-9-27(30)35-31/h2-5,7-8,14,21-23H,6,9-13,15-18,33H2,1H3,(H,35,36,37). The molecule has 4 bridgehead atoms. The highest BCUT2D eigenvalue weighted by molar-refractivity contribution is 5.92. The van der Waals surface area contributed by atoms with Crippen molar-refractivity contribution in [2.24, 2.45) is 23.2 Å². The molecule has 8 rings (SSSR count). The van der Waals surface area contributed by atoms with Gasteiger partial charge in [0.05, 0.1) is 23.5 Å². The summed E-state index contributed by atoms with van der Waals surface area (Å²) < 4.78 is 0. The van der Waals surface area contributed by atoms with Crippen molar-refractivity contribution in [3.8, 4) is 11.3 Å². The molecule has 5 heteroatoms. The third kappa shape index (κ3) is 4.32. The summed E-state index contributed by atoms with van der Waals surface area (Å²) in [5, 5.41) is 3.21. The highest BCUT2D eigenvalue weighted by atomic mass is 16.1. The zero-order valence-corrected chi connectivity index (χ0v) is 21.7. The first-order chi connectivity index (χ1) is 17.9. The van der Waals surface area contributed by atoms with Crippen LogP contribution in [0, 0.1) is 30.1 Å². The number of carbonyl (C=O) groups is 1. The van der Waals surface area contributed by atoms with Crippen molar-refractivity contribution in [3.05, 3.63) is 70.5 Å². The lowest BCUT2D eigenvalue weighted by molar-refractivity contribution is -0.115. The van der Waals surface area contributed by atoms with Gasteiger partial charge in [-0.1, -0.05) is 35.9 Å². The van der Waals surface area contributed by atoms with E-state index in [1.165, 1.54) is 49.7 Å². The fourth-order valence-electron chi connectivity index (χ4n) is 8.35. The molecule has 4 saturated carbocycles. The van der Waals surface area contributed by atoms with E-state index in [1.807, 2.05) is 18.2 Å². The predicted octanol–water partition coefficient (Wildman–Crippen LogP) is 6.07. The molecule has 190 valence electrons. The summed E-state index contributed by atoms with van der Waals surface area (Å²) in [7, 11) is 0. The molecule has 1 aromatic heterocycles. The molecule has 5 aliphatic carbocycles. The number of aryl methyl sites for hydroxylation is 3. The van der Waals surface area contributed by atoms with E-state index in [2.05, 4.69) is 36.5 Å². The van der Waals surface area contributed by atoms with Gasteiger partial charge in [-0.3, -0.25) is 4.79 Å². The van der Waals surface area contributed by atoms with Crippen molar-refractivity contribution in [3.63, 3.8) is 0 Å². The van der Waals surface area contributed by atoms with Crippen LogP contribution in [0.5, 0.6) is 0 Å². The van der Waals surface area contributed by atoms with Gasteiger partial charge in [0, 0.05) is 11.3 Å². The molecule has 3 N–H and O–H groups in total. The first-order valence-electron chi connectivity index (χ1n) is 14.1. The molecule has 37 heavy (non-hydrogen) atoms. The Morgan fingerprint density at radius 1 is 0.973 bits per heavy atom. The van der Waals surface area contributed by atoms with E-state index >= 15 is 0 Å². The molecule has 0 saturated heterocycles. The van der Waals surface area contributed by atoms with Crippen molar-refractivity contribution in [1.29, 1.82) is 0 Å². The highest BCUT2D eigenvalue weighted by Crippen LogP contribution is 2.61. The number of amides is 1. The van der Waals surface area contributed by atoms with E-state index in [0.29, 0.717) is 17.7 Å². The minimum Gasteiger partial charge on any atom is -0.399 e. The minimum absolute atomic E-state index is 0.0196. The average Bonchev–Trinajstić information content (AvgIpc) is 2.84. The van der Waals surface area contributed by atoms with E-state index in [-0.39, 0.29) is 5.91 Å². The van der Waals surface area contributed by atoms with Crippen LogP contribution < -0.4 is 11.1 Å². The smallest absolute Gasteiger partial charge is 0.229 e. The second-order valence-electron chi connectivity index (χ2n) is 12.5. The molecule has 1 amide bonds. The summed E-state index contributed by atoms with van der Waals surface area (Å²) in [6, 6.07) is 14.3.